The molecule has 53 heavy (non-hydrogen) atoms. The molecule has 0 radical (unpaired) electrons. The number of ether oxygens (including phenoxy) is 3. The number of aromatic nitrogens is 6. The summed E-state index contributed by atoms with van der Waals surface area (Å²) in [5.41, 5.74) is 3.84. The summed E-state index contributed by atoms with van der Waals surface area (Å²) in [5.74, 6) is 0.858. The lowest BCUT2D eigenvalue weighted by atomic mass is 9.95. The Labute approximate surface area is 316 Å². The molecule has 15 heteroatoms. The highest BCUT2D eigenvalue weighted by molar-refractivity contribution is 6.40. The molecule has 4 atom stereocenters. The normalized spacial score (nSPS) is 28.4. The largest absolute Gasteiger partial charge is 0.461 e. The first-order valence-corrected chi connectivity index (χ1v) is 19.7. The van der Waals surface area contributed by atoms with Gasteiger partial charge in [0.15, 0.2) is 12.0 Å². The highest BCUT2D eigenvalue weighted by Gasteiger charge is 2.49. The van der Waals surface area contributed by atoms with Gasteiger partial charge in [-0.15, -0.1) is 0 Å². The third kappa shape index (κ3) is 5.76. The number of β-amino-alcohol motifs (C(OH)–C–C–N with tert-alkyl or cyclic N) is 1. The molecule has 1 aromatic carbocycles. The summed E-state index contributed by atoms with van der Waals surface area (Å²) in [4.78, 5) is 19.2. The average molecular weight is 766 g/mol. The molecule has 5 aromatic rings. The van der Waals surface area contributed by atoms with Crippen LogP contribution in [0.5, 0.6) is 6.01 Å². The Kier molecular flexibility index (Phi) is 8.31. The minimum absolute atomic E-state index is 0.158. The summed E-state index contributed by atoms with van der Waals surface area (Å²) in [5, 5.41) is 18.1. The molecule has 5 aliphatic rings. The quantitative estimate of drug-likeness (QED) is 0.192. The van der Waals surface area contributed by atoms with Crippen LogP contribution in [0.25, 0.3) is 38.7 Å². The Morgan fingerprint density at radius 2 is 1.98 bits per heavy atom. The molecule has 4 aliphatic heterocycles. The van der Waals surface area contributed by atoms with Crippen LogP contribution >= 0.6 is 23.2 Å². The lowest BCUT2D eigenvalue weighted by Crippen LogP contribution is -2.44. The highest BCUT2D eigenvalue weighted by Crippen LogP contribution is 2.52. The molecule has 4 saturated heterocycles. The molecule has 5 fully saturated rings. The predicted molar refractivity (Wildman–Crippen MR) is 200 cm³/mol. The van der Waals surface area contributed by atoms with Crippen molar-refractivity contribution in [2.24, 2.45) is 0 Å². The second-order valence-electron chi connectivity index (χ2n) is 15.9. The van der Waals surface area contributed by atoms with Gasteiger partial charge in [0, 0.05) is 54.5 Å². The maximum absolute atomic E-state index is 14.7. The standard InChI is InChI=1S/C38H43Cl2FN8O4/c1-37(50)19-46(12-14-51-20-37)35-34-32(44-36(45-35)53-21-38-8-4-10-47(38)18-23(41)16-38)30(40)33-31(42-9-11-48(33)34)29-24-17-43-49(27-5-2-3-13-52-27)26(24)15-25(39)28(29)22-6-7-22/h9,11,15,17,22-23,27,50H,2-8,10,12-14,16,18-21H2,1H3/t23-,27?,37+,38+/m1/s1. The Morgan fingerprint density at radius 1 is 1.09 bits per heavy atom. The number of aliphatic hydroxyl groups is 1. The number of alkyl halides is 1. The van der Waals surface area contributed by atoms with E-state index in [1.807, 2.05) is 32.4 Å². The van der Waals surface area contributed by atoms with E-state index in [1.165, 1.54) is 0 Å². The van der Waals surface area contributed by atoms with Crippen molar-refractivity contribution in [2.75, 3.05) is 57.5 Å². The molecule has 280 valence electrons. The van der Waals surface area contributed by atoms with E-state index in [1.54, 1.807) is 13.1 Å². The molecule has 1 N–H and O–H groups in total. The number of halogens is 3. The number of benzene rings is 1. The Balaban J connectivity index is 1.17. The maximum Gasteiger partial charge on any atom is 0.319 e. The Bertz CT molecular complexity index is 2240. The number of hydrogen-bond donors (Lipinski definition) is 1. The van der Waals surface area contributed by atoms with Gasteiger partial charge in [-0.05, 0) is 76.0 Å². The summed E-state index contributed by atoms with van der Waals surface area (Å²) in [7, 11) is 0. The first-order chi connectivity index (χ1) is 25.7. The minimum atomic E-state index is -1.13. The van der Waals surface area contributed by atoms with Crippen LogP contribution in [0, 0.1) is 0 Å². The van der Waals surface area contributed by atoms with E-state index >= 15 is 0 Å². The molecule has 0 spiro atoms. The fourth-order valence-corrected chi connectivity index (χ4v) is 10.0. The SMILES string of the molecule is C[C@@]1(O)COCCN(c2nc(OC[C@@]34CCCN3C[C@H](F)C4)nc3c(Cl)c4c(-c5c(C6CC6)c(Cl)cc6c5cnn6C5CCCCO5)nccn4c23)C1. The molecule has 8 heterocycles. The third-order valence-electron chi connectivity index (χ3n) is 11.9. The van der Waals surface area contributed by atoms with E-state index in [2.05, 4.69) is 4.90 Å². The van der Waals surface area contributed by atoms with Crippen molar-refractivity contribution in [3.05, 3.63) is 40.3 Å². The number of fused-ring (bicyclic) bond motifs is 5. The number of nitrogens with zero attached hydrogens (tertiary/aromatic N) is 8. The third-order valence-corrected chi connectivity index (χ3v) is 12.6. The zero-order valence-corrected chi connectivity index (χ0v) is 31.3. The summed E-state index contributed by atoms with van der Waals surface area (Å²) in [6.07, 6.45) is 11.9. The van der Waals surface area contributed by atoms with Crippen molar-refractivity contribution in [1.29, 1.82) is 0 Å². The molecule has 10 rings (SSSR count). The van der Waals surface area contributed by atoms with Gasteiger partial charge in [0.25, 0.3) is 0 Å². The van der Waals surface area contributed by atoms with Crippen molar-refractivity contribution in [1.82, 2.24) is 34.0 Å². The Hall–Kier alpha value is -3.33. The smallest absolute Gasteiger partial charge is 0.319 e. The highest BCUT2D eigenvalue weighted by atomic mass is 35.5. The minimum Gasteiger partial charge on any atom is -0.461 e. The lowest BCUT2D eigenvalue weighted by Gasteiger charge is -2.31. The molecule has 1 unspecified atom stereocenters. The number of hydrogen-bond acceptors (Lipinski definition) is 10. The van der Waals surface area contributed by atoms with Crippen LogP contribution in [0.4, 0.5) is 10.2 Å². The van der Waals surface area contributed by atoms with Crippen molar-refractivity contribution in [3.8, 4) is 17.3 Å². The summed E-state index contributed by atoms with van der Waals surface area (Å²) >= 11 is 14.7. The van der Waals surface area contributed by atoms with Gasteiger partial charge < -0.3 is 28.6 Å². The zero-order chi connectivity index (χ0) is 36.1. The average Bonchev–Trinajstić information content (AvgIpc) is 3.61. The van der Waals surface area contributed by atoms with Gasteiger partial charge in [0.2, 0.25) is 0 Å². The van der Waals surface area contributed by atoms with Crippen molar-refractivity contribution in [3.63, 3.8) is 0 Å². The van der Waals surface area contributed by atoms with E-state index in [4.69, 9.17) is 57.5 Å². The first-order valence-electron chi connectivity index (χ1n) is 18.9. The van der Waals surface area contributed by atoms with Gasteiger partial charge >= 0.3 is 6.01 Å². The molecule has 12 nitrogen and oxygen atoms in total. The van der Waals surface area contributed by atoms with Crippen LogP contribution < -0.4 is 9.64 Å². The van der Waals surface area contributed by atoms with E-state index in [0.717, 1.165) is 73.5 Å². The number of anilines is 1. The number of rotatable bonds is 7. The molecular weight excluding hydrogens is 722 g/mol. The first kappa shape index (κ1) is 34.2. The van der Waals surface area contributed by atoms with Crippen LogP contribution in [-0.4, -0.2) is 109 Å². The van der Waals surface area contributed by atoms with Gasteiger partial charge in [-0.1, -0.05) is 23.2 Å². The second-order valence-corrected chi connectivity index (χ2v) is 16.7. The van der Waals surface area contributed by atoms with Crippen molar-refractivity contribution >= 4 is 56.5 Å². The maximum atomic E-state index is 14.7. The monoisotopic (exact) mass is 764 g/mol. The summed E-state index contributed by atoms with van der Waals surface area (Å²) < 4.78 is 37.0. The van der Waals surface area contributed by atoms with Gasteiger partial charge in [0.1, 0.15) is 29.4 Å². The van der Waals surface area contributed by atoms with Crippen LogP contribution in [-0.2, 0) is 9.47 Å². The van der Waals surface area contributed by atoms with E-state index < -0.39 is 11.8 Å². The van der Waals surface area contributed by atoms with Gasteiger partial charge in [-0.3, -0.25) is 9.88 Å². The van der Waals surface area contributed by atoms with Gasteiger partial charge in [0.05, 0.1) is 53.2 Å². The van der Waals surface area contributed by atoms with E-state index in [9.17, 15) is 9.50 Å². The molecule has 1 saturated carbocycles. The predicted octanol–water partition coefficient (Wildman–Crippen LogP) is 6.72. The van der Waals surface area contributed by atoms with Crippen LogP contribution in [0.15, 0.2) is 24.7 Å². The van der Waals surface area contributed by atoms with Crippen molar-refractivity contribution in [2.45, 2.75) is 87.7 Å². The fourth-order valence-electron chi connectivity index (χ4n) is 9.37. The fraction of sp³-hybridized carbons (Fsp3) is 0.579. The second kappa shape index (κ2) is 12.9. The molecular formula is C38H43Cl2FN8O4. The molecule has 0 amide bonds. The van der Waals surface area contributed by atoms with E-state index in [0.29, 0.717) is 76.7 Å². The topological polar surface area (TPSA) is 115 Å². The van der Waals surface area contributed by atoms with Gasteiger partial charge in [-0.2, -0.15) is 15.1 Å². The summed E-state index contributed by atoms with van der Waals surface area (Å²) in [6, 6.07) is 2.18. The van der Waals surface area contributed by atoms with Gasteiger partial charge in [-0.25, -0.2) is 9.07 Å². The zero-order valence-electron chi connectivity index (χ0n) is 29.7. The van der Waals surface area contributed by atoms with Crippen molar-refractivity contribution < 1.29 is 23.7 Å². The van der Waals surface area contributed by atoms with Crippen LogP contribution in [0.1, 0.15) is 76.0 Å². The van der Waals surface area contributed by atoms with E-state index in [-0.39, 0.29) is 37.5 Å². The summed E-state index contributed by atoms with van der Waals surface area (Å²) in [6.45, 7) is 5.36. The molecule has 0 bridgehead atoms. The lowest BCUT2D eigenvalue weighted by molar-refractivity contribution is -0.0366. The van der Waals surface area contributed by atoms with Crippen LogP contribution in [0.2, 0.25) is 10.0 Å². The molecule has 1 aliphatic carbocycles. The Morgan fingerprint density at radius 3 is 2.81 bits per heavy atom. The van der Waals surface area contributed by atoms with Crippen LogP contribution in [0.3, 0.4) is 0 Å². The molecule has 4 aromatic heterocycles.